The van der Waals surface area contributed by atoms with Crippen LogP contribution in [0.2, 0.25) is 0 Å². The van der Waals surface area contributed by atoms with E-state index in [2.05, 4.69) is 60.6 Å². The molecular formula is C13H21Br2N3. The molecule has 0 radical (unpaired) electrons. The molecule has 0 saturated heterocycles. The van der Waals surface area contributed by atoms with E-state index in [9.17, 15) is 0 Å². The summed E-state index contributed by atoms with van der Waals surface area (Å²) in [5.41, 5.74) is 1.39. The van der Waals surface area contributed by atoms with Gasteiger partial charge in [-0.05, 0) is 49.3 Å². The van der Waals surface area contributed by atoms with Crippen LogP contribution in [-0.4, -0.2) is 40.1 Å². The van der Waals surface area contributed by atoms with Crippen LogP contribution in [0, 0.1) is 0 Å². The molecule has 1 heterocycles. The molecule has 0 spiro atoms. The van der Waals surface area contributed by atoms with Crippen molar-refractivity contribution < 1.29 is 0 Å². The van der Waals surface area contributed by atoms with Crippen molar-refractivity contribution in [2.75, 3.05) is 20.6 Å². The predicted molar refractivity (Wildman–Crippen MR) is 82.4 cm³/mol. The van der Waals surface area contributed by atoms with Crippen molar-refractivity contribution >= 4 is 31.9 Å². The van der Waals surface area contributed by atoms with Gasteiger partial charge in [-0.15, -0.1) is 0 Å². The summed E-state index contributed by atoms with van der Waals surface area (Å²) in [6.45, 7) is 2.00. The molecule has 1 aliphatic carbocycles. The fraction of sp³-hybridized carbons (Fsp3) is 0.769. The maximum atomic E-state index is 4.52. The average molecular weight is 379 g/mol. The summed E-state index contributed by atoms with van der Waals surface area (Å²) in [5, 5.41) is 4.52. The van der Waals surface area contributed by atoms with Gasteiger partial charge in [-0.1, -0.05) is 22.4 Å². The first-order valence-electron chi connectivity index (χ1n) is 6.58. The van der Waals surface area contributed by atoms with Gasteiger partial charge in [-0.2, -0.15) is 5.10 Å². The molecule has 0 bridgehead atoms. The third kappa shape index (κ3) is 3.58. The number of rotatable bonds is 4. The summed E-state index contributed by atoms with van der Waals surface area (Å²) in [4.78, 5) is 2.87. The zero-order valence-corrected chi connectivity index (χ0v) is 14.2. The third-order valence-corrected chi connectivity index (χ3v) is 5.03. The van der Waals surface area contributed by atoms with Crippen LogP contribution in [0.1, 0.15) is 37.3 Å². The maximum Gasteiger partial charge on any atom is 0.0635 e. The quantitative estimate of drug-likeness (QED) is 0.746. The summed E-state index contributed by atoms with van der Waals surface area (Å²) >= 11 is 7.44. The molecule has 0 aliphatic heterocycles. The SMILES string of the molecule is CN(C)CCn1ncc(Br)c1C1CCCC(Br)C1. The molecule has 2 atom stereocenters. The Morgan fingerprint density at radius 2 is 2.22 bits per heavy atom. The molecule has 1 aromatic rings. The normalized spacial score (nSPS) is 24.7. The zero-order valence-electron chi connectivity index (χ0n) is 11.1. The number of hydrogen-bond donors (Lipinski definition) is 0. The van der Waals surface area contributed by atoms with Gasteiger partial charge in [0.15, 0.2) is 0 Å². The maximum absolute atomic E-state index is 4.52. The number of alkyl halides is 1. The summed E-state index contributed by atoms with van der Waals surface area (Å²) in [5.74, 6) is 0.641. The third-order valence-electron chi connectivity index (χ3n) is 3.59. The van der Waals surface area contributed by atoms with Crippen molar-refractivity contribution in [1.29, 1.82) is 0 Å². The fourth-order valence-corrected chi connectivity index (χ4v) is 4.02. The Hall–Kier alpha value is 0.130. The van der Waals surface area contributed by atoms with E-state index in [0.717, 1.165) is 13.1 Å². The summed E-state index contributed by atoms with van der Waals surface area (Å²) in [7, 11) is 4.21. The van der Waals surface area contributed by atoms with Gasteiger partial charge >= 0.3 is 0 Å². The highest BCUT2D eigenvalue weighted by molar-refractivity contribution is 9.10. The van der Waals surface area contributed by atoms with E-state index in [-0.39, 0.29) is 0 Å². The Balaban J connectivity index is 2.12. The van der Waals surface area contributed by atoms with E-state index < -0.39 is 0 Å². The largest absolute Gasteiger partial charge is 0.308 e. The smallest absolute Gasteiger partial charge is 0.0635 e. The monoisotopic (exact) mass is 377 g/mol. The predicted octanol–water partition coefficient (Wildman–Crippen LogP) is 3.63. The summed E-state index contributed by atoms with van der Waals surface area (Å²) < 4.78 is 3.35. The van der Waals surface area contributed by atoms with Gasteiger partial charge < -0.3 is 4.90 Å². The van der Waals surface area contributed by atoms with E-state index >= 15 is 0 Å². The molecule has 0 N–H and O–H groups in total. The van der Waals surface area contributed by atoms with Crippen molar-refractivity contribution in [3.8, 4) is 0 Å². The van der Waals surface area contributed by atoms with Crippen LogP contribution >= 0.6 is 31.9 Å². The topological polar surface area (TPSA) is 21.1 Å². The first kappa shape index (κ1) is 14.5. The van der Waals surface area contributed by atoms with Gasteiger partial charge in [0, 0.05) is 17.3 Å². The van der Waals surface area contributed by atoms with Crippen LogP contribution in [0.25, 0.3) is 0 Å². The van der Waals surface area contributed by atoms with Gasteiger partial charge in [0.1, 0.15) is 0 Å². The lowest BCUT2D eigenvalue weighted by Crippen LogP contribution is -2.23. The molecule has 1 saturated carbocycles. The molecule has 1 aromatic heterocycles. The molecule has 0 aromatic carbocycles. The first-order valence-corrected chi connectivity index (χ1v) is 8.28. The minimum absolute atomic E-state index is 0.641. The molecule has 3 nitrogen and oxygen atoms in total. The average Bonchev–Trinajstić information content (AvgIpc) is 2.68. The molecule has 102 valence electrons. The van der Waals surface area contributed by atoms with Gasteiger partial charge in [-0.25, -0.2) is 0 Å². The van der Waals surface area contributed by atoms with Crippen molar-refractivity contribution in [2.45, 2.75) is 43.0 Å². The summed E-state index contributed by atoms with van der Waals surface area (Å²) in [6, 6.07) is 0. The van der Waals surface area contributed by atoms with Gasteiger partial charge in [0.25, 0.3) is 0 Å². The molecule has 18 heavy (non-hydrogen) atoms. The lowest BCUT2D eigenvalue weighted by molar-refractivity contribution is 0.357. The van der Waals surface area contributed by atoms with E-state index in [1.807, 2.05) is 6.20 Å². The van der Waals surface area contributed by atoms with Crippen LogP contribution in [0.3, 0.4) is 0 Å². The van der Waals surface area contributed by atoms with Crippen molar-refractivity contribution in [3.63, 3.8) is 0 Å². The number of hydrogen-bond acceptors (Lipinski definition) is 2. The van der Waals surface area contributed by atoms with Gasteiger partial charge in [-0.3, -0.25) is 4.68 Å². The molecule has 0 amide bonds. The van der Waals surface area contributed by atoms with E-state index in [1.54, 1.807) is 0 Å². The van der Waals surface area contributed by atoms with Gasteiger partial charge in [0.05, 0.1) is 22.9 Å². The second-order valence-electron chi connectivity index (χ2n) is 5.36. The zero-order chi connectivity index (χ0) is 13.1. The van der Waals surface area contributed by atoms with Crippen LogP contribution in [0.5, 0.6) is 0 Å². The lowest BCUT2D eigenvalue weighted by atomic mass is 9.87. The highest BCUT2D eigenvalue weighted by atomic mass is 79.9. The standard InChI is InChI=1S/C13H21Br2N3/c1-17(2)6-7-18-13(12(15)9-16-18)10-4-3-5-11(14)8-10/h9-11H,3-8H2,1-2H3. The van der Waals surface area contributed by atoms with Gasteiger partial charge in [0.2, 0.25) is 0 Å². The number of likely N-dealkylation sites (N-methyl/N-ethyl adjacent to an activating group) is 1. The molecule has 2 rings (SSSR count). The Morgan fingerprint density at radius 3 is 2.89 bits per heavy atom. The molecule has 2 unspecified atom stereocenters. The molecular weight excluding hydrogens is 358 g/mol. The van der Waals surface area contributed by atoms with E-state index in [4.69, 9.17) is 0 Å². The van der Waals surface area contributed by atoms with Crippen molar-refractivity contribution in [2.24, 2.45) is 0 Å². The van der Waals surface area contributed by atoms with Crippen molar-refractivity contribution in [3.05, 3.63) is 16.4 Å². The minimum Gasteiger partial charge on any atom is -0.308 e. The second-order valence-corrected chi connectivity index (χ2v) is 7.51. The van der Waals surface area contributed by atoms with Crippen LogP contribution in [-0.2, 0) is 6.54 Å². The van der Waals surface area contributed by atoms with E-state index in [0.29, 0.717) is 10.7 Å². The Morgan fingerprint density at radius 1 is 1.44 bits per heavy atom. The lowest BCUT2D eigenvalue weighted by Gasteiger charge is -2.27. The highest BCUT2D eigenvalue weighted by Gasteiger charge is 2.26. The molecule has 1 aliphatic rings. The fourth-order valence-electron chi connectivity index (χ4n) is 2.63. The van der Waals surface area contributed by atoms with Crippen LogP contribution in [0.4, 0.5) is 0 Å². The number of nitrogens with zero attached hydrogens (tertiary/aromatic N) is 3. The van der Waals surface area contributed by atoms with E-state index in [1.165, 1.54) is 35.8 Å². The Bertz CT molecular complexity index is 390. The van der Waals surface area contributed by atoms with Crippen LogP contribution in [0.15, 0.2) is 10.7 Å². The second kappa shape index (κ2) is 6.53. The number of halogens is 2. The highest BCUT2D eigenvalue weighted by Crippen LogP contribution is 2.38. The summed E-state index contributed by atoms with van der Waals surface area (Å²) in [6.07, 6.45) is 7.08. The van der Waals surface area contributed by atoms with Crippen molar-refractivity contribution in [1.82, 2.24) is 14.7 Å². The first-order chi connectivity index (χ1) is 8.58. The minimum atomic E-state index is 0.641. The molecule has 5 heteroatoms. The Kier molecular flexibility index (Phi) is 5.27. The number of aromatic nitrogens is 2. The Labute approximate surface area is 126 Å². The molecule has 1 fully saturated rings. The van der Waals surface area contributed by atoms with Crippen LogP contribution < -0.4 is 0 Å².